The van der Waals surface area contributed by atoms with Gasteiger partial charge in [-0.05, 0) is 43.5 Å². The minimum atomic E-state index is 1.28. The quantitative estimate of drug-likeness (QED) is 0.641. The molecule has 1 heterocycles. The predicted molar refractivity (Wildman–Crippen MR) is 63.9 cm³/mol. The molecule has 2 aromatic rings. The average Bonchev–Trinajstić information content (AvgIpc) is 2.67. The van der Waals surface area contributed by atoms with Crippen molar-refractivity contribution in [1.82, 2.24) is 4.98 Å². The van der Waals surface area contributed by atoms with E-state index in [9.17, 15) is 0 Å². The number of nitrogens with one attached hydrogen (secondary N) is 1. The van der Waals surface area contributed by atoms with Crippen molar-refractivity contribution >= 4 is 10.9 Å². The van der Waals surface area contributed by atoms with Gasteiger partial charge in [0.05, 0.1) is 0 Å². The molecule has 1 N–H and O–H groups in total. The first-order valence-corrected chi connectivity index (χ1v) is 5.24. The molecular formula is C13H19N. The highest BCUT2D eigenvalue weighted by Gasteiger charge is 2.03. The fourth-order valence-corrected chi connectivity index (χ4v) is 1.72. The van der Waals surface area contributed by atoms with Gasteiger partial charge in [0.15, 0.2) is 0 Å². The highest BCUT2D eigenvalue weighted by molar-refractivity contribution is 5.86. The van der Waals surface area contributed by atoms with Crippen LogP contribution in [0.3, 0.4) is 0 Å². The van der Waals surface area contributed by atoms with Crippen LogP contribution in [0.25, 0.3) is 10.9 Å². The van der Waals surface area contributed by atoms with Gasteiger partial charge in [0.25, 0.3) is 0 Å². The Labute approximate surface area is 86.2 Å². The summed E-state index contributed by atoms with van der Waals surface area (Å²) in [4.78, 5) is 3.27. The lowest BCUT2D eigenvalue weighted by Crippen LogP contribution is -1.85. The van der Waals surface area contributed by atoms with Gasteiger partial charge >= 0.3 is 0 Å². The number of aromatic nitrogens is 1. The predicted octanol–water partition coefficient (Wildman–Crippen LogP) is 4.12. The van der Waals surface area contributed by atoms with E-state index >= 15 is 0 Å². The largest absolute Gasteiger partial charge is 0.361 e. The van der Waals surface area contributed by atoms with Crippen molar-refractivity contribution in [3.8, 4) is 0 Å². The summed E-state index contributed by atoms with van der Waals surface area (Å²) in [6.07, 6.45) is 2.00. The van der Waals surface area contributed by atoms with Crippen molar-refractivity contribution < 1.29 is 0 Å². The third kappa shape index (κ3) is 1.67. The van der Waals surface area contributed by atoms with E-state index in [1.54, 1.807) is 0 Å². The van der Waals surface area contributed by atoms with Crippen LogP contribution in [0.1, 0.15) is 30.5 Å². The van der Waals surface area contributed by atoms with Crippen LogP contribution in [0.5, 0.6) is 0 Å². The van der Waals surface area contributed by atoms with Crippen molar-refractivity contribution in [2.24, 2.45) is 0 Å². The van der Waals surface area contributed by atoms with Gasteiger partial charge in [-0.3, -0.25) is 0 Å². The van der Waals surface area contributed by atoms with E-state index in [1.165, 1.54) is 27.6 Å². The van der Waals surface area contributed by atoms with Crippen molar-refractivity contribution in [3.63, 3.8) is 0 Å². The van der Waals surface area contributed by atoms with Crippen LogP contribution in [0.15, 0.2) is 18.3 Å². The topological polar surface area (TPSA) is 15.8 Å². The summed E-state index contributed by atoms with van der Waals surface area (Å²) >= 11 is 0. The van der Waals surface area contributed by atoms with Crippen LogP contribution in [-0.2, 0) is 0 Å². The normalized spacial score (nSPS) is 9.79. The number of H-pyrrole nitrogens is 1. The molecule has 0 saturated carbocycles. The smallest absolute Gasteiger partial charge is 0.0488 e. The first-order chi connectivity index (χ1) is 6.70. The zero-order valence-electron chi connectivity index (χ0n) is 9.73. The van der Waals surface area contributed by atoms with Crippen molar-refractivity contribution in [1.29, 1.82) is 0 Å². The molecule has 2 rings (SSSR count). The Morgan fingerprint density at radius 3 is 2.29 bits per heavy atom. The lowest BCUT2D eigenvalue weighted by molar-refractivity contribution is 1.32. The maximum absolute atomic E-state index is 3.27. The van der Waals surface area contributed by atoms with Crippen LogP contribution in [0.4, 0.5) is 0 Å². The monoisotopic (exact) mass is 189 g/mol. The van der Waals surface area contributed by atoms with Crippen molar-refractivity contribution in [2.75, 3.05) is 0 Å². The van der Waals surface area contributed by atoms with Crippen LogP contribution in [-0.4, -0.2) is 4.98 Å². The Morgan fingerprint density at radius 1 is 1.00 bits per heavy atom. The summed E-state index contributed by atoms with van der Waals surface area (Å²) in [5, 5.41) is 1.35. The summed E-state index contributed by atoms with van der Waals surface area (Å²) in [6.45, 7) is 10.5. The maximum atomic E-state index is 3.27. The molecule has 76 valence electrons. The third-order valence-electron chi connectivity index (χ3n) is 2.57. The first-order valence-electron chi connectivity index (χ1n) is 5.24. The Hall–Kier alpha value is -1.24. The molecule has 0 amide bonds. The Morgan fingerprint density at radius 2 is 1.64 bits per heavy atom. The minimum Gasteiger partial charge on any atom is -0.361 e. The van der Waals surface area contributed by atoms with Crippen LogP contribution in [0, 0.1) is 20.8 Å². The van der Waals surface area contributed by atoms with E-state index in [4.69, 9.17) is 0 Å². The number of aromatic amines is 1. The molecule has 1 aromatic carbocycles. The molecule has 0 spiro atoms. The summed E-state index contributed by atoms with van der Waals surface area (Å²) in [5.41, 5.74) is 5.37. The number of rotatable bonds is 0. The SMILES string of the molecule is CC.Cc1cc(C)c2cc[nH]c2c1C. The Bertz CT molecular complexity index is 424. The molecule has 0 aliphatic rings. The second kappa shape index (κ2) is 4.32. The molecule has 0 atom stereocenters. The molecule has 1 nitrogen and oxygen atoms in total. The molecule has 0 unspecified atom stereocenters. The molecule has 0 bridgehead atoms. The van der Waals surface area contributed by atoms with Crippen molar-refractivity contribution in [2.45, 2.75) is 34.6 Å². The van der Waals surface area contributed by atoms with Gasteiger partial charge in [0.2, 0.25) is 0 Å². The molecule has 0 aliphatic carbocycles. The summed E-state index contributed by atoms with van der Waals surface area (Å²) in [5.74, 6) is 0. The second-order valence-electron chi connectivity index (χ2n) is 3.40. The molecule has 0 radical (unpaired) electrons. The molecule has 0 aliphatic heterocycles. The standard InChI is InChI=1S/C11H13N.C2H6/c1-7-6-8(2)10-4-5-12-11(10)9(7)3;1-2/h4-6,12H,1-3H3;1-2H3. The van der Waals surface area contributed by atoms with Gasteiger partial charge < -0.3 is 4.98 Å². The third-order valence-corrected chi connectivity index (χ3v) is 2.57. The number of hydrogen-bond acceptors (Lipinski definition) is 0. The molecule has 1 heteroatoms. The molecular weight excluding hydrogens is 170 g/mol. The molecule has 0 saturated heterocycles. The minimum absolute atomic E-state index is 1.28. The van der Waals surface area contributed by atoms with Gasteiger partial charge in [0, 0.05) is 17.1 Å². The summed E-state index contributed by atoms with van der Waals surface area (Å²) in [7, 11) is 0. The van der Waals surface area contributed by atoms with Gasteiger partial charge in [-0.25, -0.2) is 0 Å². The van der Waals surface area contributed by atoms with E-state index in [2.05, 4.69) is 37.9 Å². The van der Waals surface area contributed by atoms with Crippen LogP contribution >= 0.6 is 0 Å². The van der Waals surface area contributed by atoms with Gasteiger partial charge in [-0.15, -0.1) is 0 Å². The number of fused-ring (bicyclic) bond motifs is 1. The van der Waals surface area contributed by atoms with E-state index in [1.807, 2.05) is 20.0 Å². The highest BCUT2D eigenvalue weighted by Crippen LogP contribution is 2.23. The van der Waals surface area contributed by atoms with E-state index in [-0.39, 0.29) is 0 Å². The lowest BCUT2D eigenvalue weighted by Gasteiger charge is -2.04. The molecule has 0 fully saturated rings. The fraction of sp³-hybridized carbons (Fsp3) is 0.385. The number of aryl methyl sites for hydroxylation is 3. The molecule has 1 aromatic heterocycles. The van der Waals surface area contributed by atoms with E-state index in [0.29, 0.717) is 0 Å². The summed E-state index contributed by atoms with van der Waals surface area (Å²) < 4.78 is 0. The highest BCUT2D eigenvalue weighted by atomic mass is 14.7. The van der Waals surface area contributed by atoms with Gasteiger partial charge in [-0.2, -0.15) is 0 Å². The van der Waals surface area contributed by atoms with E-state index < -0.39 is 0 Å². The van der Waals surface area contributed by atoms with E-state index in [0.717, 1.165) is 0 Å². The first kappa shape index (κ1) is 10.8. The van der Waals surface area contributed by atoms with Crippen molar-refractivity contribution in [3.05, 3.63) is 35.0 Å². The number of hydrogen-bond donors (Lipinski definition) is 1. The van der Waals surface area contributed by atoms with Crippen LogP contribution < -0.4 is 0 Å². The fourth-order valence-electron chi connectivity index (χ4n) is 1.72. The zero-order valence-corrected chi connectivity index (χ0v) is 9.73. The van der Waals surface area contributed by atoms with Crippen LogP contribution in [0.2, 0.25) is 0 Å². The second-order valence-corrected chi connectivity index (χ2v) is 3.40. The lowest BCUT2D eigenvalue weighted by atomic mass is 10.0. The Kier molecular flexibility index (Phi) is 3.34. The summed E-state index contributed by atoms with van der Waals surface area (Å²) in [6, 6.07) is 4.38. The zero-order chi connectivity index (χ0) is 10.7. The Balaban J connectivity index is 0.000000461. The maximum Gasteiger partial charge on any atom is 0.0488 e. The van der Waals surface area contributed by atoms with Gasteiger partial charge in [-0.1, -0.05) is 19.9 Å². The molecule has 14 heavy (non-hydrogen) atoms. The van der Waals surface area contributed by atoms with Gasteiger partial charge in [0.1, 0.15) is 0 Å². The number of benzene rings is 1. The average molecular weight is 189 g/mol.